The molecule has 2 atom stereocenters. The molecule has 2 heterocycles. The number of carboxylic acid groups (broad SMARTS) is 1. The fraction of sp³-hybridized carbons (Fsp3) is 0.857. The van der Waals surface area contributed by atoms with Crippen LogP contribution in [0.25, 0.3) is 0 Å². The number of amides is 2. The van der Waals surface area contributed by atoms with Crippen molar-refractivity contribution in [3.8, 4) is 0 Å². The third kappa shape index (κ3) is 4.03. The summed E-state index contributed by atoms with van der Waals surface area (Å²) in [7, 11) is 0. The van der Waals surface area contributed by atoms with Gasteiger partial charge in [0.15, 0.2) is 0 Å². The van der Waals surface area contributed by atoms with E-state index in [1.54, 1.807) is 0 Å². The van der Waals surface area contributed by atoms with Crippen molar-refractivity contribution in [2.75, 3.05) is 25.4 Å². The Bertz CT molecular complexity index is 386. The zero-order valence-electron chi connectivity index (χ0n) is 12.7. The van der Waals surface area contributed by atoms with Gasteiger partial charge in [0, 0.05) is 24.9 Å². The van der Waals surface area contributed by atoms with Crippen molar-refractivity contribution >= 4 is 23.8 Å². The average molecular weight is 315 g/mol. The number of rotatable bonds is 4. The van der Waals surface area contributed by atoms with Crippen LogP contribution in [0.4, 0.5) is 4.79 Å². The van der Waals surface area contributed by atoms with Crippen LogP contribution in [0.15, 0.2) is 0 Å². The van der Waals surface area contributed by atoms with Gasteiger partial charge in [-0.1, -0.05) is 6.92 Å². The molecule has 21 heavy (non-hydrogen) atoms. The molecule has 2 saturated heterocycles. The first-order chi connectivity index (χ1) is 10.0. The lowest BCUT2D eigenvalue weighted by atomic mass is 10.1. The van der Waals surface area contributed by atoms with Crippen molar-refractivity contribution in [2.24, 2.45) is 0 Å². The summed E-state index contributed by atoms with van der Waals surface area (Å²) >= 11 is 1.52. The Hall–Kier alpha value is -0.950. The zero-order chi connectivity index (χ0) is 15.4. The average Bonchev–Trinajstić information content (AvgIpc) is 2.83. The van der Waals surface area contributed by atoms with E-state index in [4.69, 9.17) is 0 Å². The van der Waals surface area contributed by atoms with E-state index in [0.29, 0.717) is 5.75 Å². The van der Waals surface area contributed by atoms with Gasteiger partial charge < -0.3 is 15.3 Å². The van der Waals surface area contributed by atoms with Crippen molar-refractivity contribution in [3.05, 3.63) is 0 Å². The summed E-state index contributed by atoms with van der Waals surface area (Å²) in [5.41, 5.74) is 0. The SMILES string of the molecule is CCCN1CCC(NC(=O)N2C(C)SCC2C(=O)O)CC1. The zero-order valence-corrected chi connectivity index (χ0v) is 13.6. The minimum Gasteiger partial charge on any atom is -0.480 e. The molecule has 0 aliphatic carbocycles. The van der Waals surface area contributed by atoms with E-state index in [1.807, 2.05) is 6.92 Å². The minimum atomic E-state index is -0.917. The number of thioether (sulfide) groups is 1. The van der Waals surface area contributed by atoms with Crippen molar-refractivity contribution in [2.45, 2.75) is 50.6 Å². The molecule has 6 nitrogen and oxygen atoms in total. The fourth-order valence-corrected chi connectivity index (χ4v) is 4.17. The molecular weight excluding hydrogens is 290 g/mol. The number of aliphatic carboxylic acids is 1. The highest BCUT2D eigenvalue weighted by atomic mass is 32.2. The second-order valence-corrected chi connectivity index (χ2v) is 7.11. The maximum Gasteiger partial charge on any atom is 0.327 e. The normalized spacial score (nSPS) is 27.8. The Morgan fingerprint density at radius 3 is 2.57 bits per heavy atom. The fourth-order valence-electron chi connectivity index (χ4n) is 3.01. The molecule has 2 amide bonds. The van der Waals surface area contributed by atoms with E-state index in [2.05, 4.69) is 17.1 Å². The van der Waals surface area contributed by atoms with Crippen LogP contribution in [-0.4, -0.2) is 69.8 Å². The predicted molar refractivity (Wildman–Crippen MR) is 83.5 cm³/mol. The van der Waals surface area contributed by atoms with Gasteiger partial charge in [-0.15, -0.1) is 11.8 Å². The third-order valence-corrected chi connectivity index (χ3v) is 5.42. The summed E-state index contributed by atoms with van der Waals surface area (Å²) in [4.78, 5) is 27.5. The number of urea groups is 1. The highest BCUT2D eigenvalue weighted by molar-refractivity contribution is 8.00. The van der Waals surface area contributed by atoms with Gasteiger partial charge in [0.2, 0.25) is 0 Å². The Morgan fingerprint density at radius 2 is 2.00 bits per heavy atom. The number of nitrogens with one attached hydrogen (secondary N) is 1. The number of carbonyl (C=O) groups is 2. The molecule has 0 spiro atoms. The van der Waals surface area contributed by atoms with Gasteiger partial charge in [-0.3, -0.25) is 4.90 Å². The molecule has 0 bridgehead atoms. The van der Waals surface area contributed by atoms with Crippen molar-refractivity contribution < 1.29 is 14.7 Å². The lowest BCUT2D eigenvalue weighted by Crippen LogP contribution is -2.53. The van der Waals surface area contributed by atoms with Crippen molar-refractivity contribution in [3.63, 3.8) is 0 Å². The van der Waals surface area contributed by atoms with E-state index >= 15 is 0 Å². The smallest absolute Gasteiger partial charge is 0.327 e. The largest absolute Gasteiger partial charge is 0.480 e. The van der Waals surface area contributed by atoms with E-state index in [0.717, 1.165) is 38.9 Å². The van der Waals surface area contributed by atoms with Crippen LogP contribution in [0, 0.1) is 0 Å². The number of hydrogen-bond acceptors (Lipinski definition) is 4. The lowest BCUT2D eigenvalue weighted by molar-refractivity contribution is -0.141. The number of carbonyl (C=O) groups excluding carboxylic acids is 1. The monoisotopic (exact) mass is 315 g/mol. The van der Waals surface area contributed by atoms with Gasteiger partial charge in [0.1, 0.15) is 6.04 Å². The molecule has 0 radical (unpaired) electrons. The highest BCUT2D eigenvalue weighted by Crippen LogP contribution is 2.29. The first-order valence-corrected chi connectivity index (χ1v) is 8.73. The van der Waals surface area contributed by atoms with Crippen LogP contribution in [0.3, 0.4) is 0 Å². The predicted octanol–water partition coefficient (Wildman–Crippen LogP) is 1.42. The third-order valence-electron chi connectivity index (χ3n) is 4.20. The number of carboxylic acids is 1. The van der Waals surface area contributed by atoms with Crippen molar-refractivity contribution in [1.82, 2.24) is 15.1 Å². The van der Waals surface area contributed by atoms with E-state index < -0.39 is 12.0 Å². The summed E-state index contributed by atoms with van der Waals surface area (Å²) in [6.07, 6.45) is 3.04. The molecule has 2 aliphatic rings. The number of likely N-dealkylation sites (tertiary alicyclic amines) is 1. The van der Waals surface area contributed by atoms with Gasteiger partial charge >= 0.3 is 12.0 Å². The topological polar surface area (TPSA) is 72.9 Å². The Labute approximate surface area is 130 Å². The Balaban J connectivity index is 1.85. The molecular formula is C14H25N3O3S. The van der Waals surface area contributed by atoms with Crippen LogP contribution in [0.1, 0.15) is 33.1 Å². The van der Waals surface area contributed by atoms with Crippen LogP contribution in [0.5, 0.6) is 0 Å². The molecule has 0 saturated carbocycles. The summed E-state index contributed by atoms with van der Waals surface area (Å²) in [6.45, 7) is 7.18. The molecule has 2 unspecified atom stereocenters. The number of piperidine rings is 1. The standard InChI is InChI=1S/C14H25N3O3S/c1-3-6-16-7-4-11(5-8-16)15-14(20)17-10(2)21-9-12(17)13(18)19/h10-12H,3-9H2,1-2H3,(H,15,20)(H,18,19). The molecule has 7 heteroatoms. The number of nitrogens with zero attached hydrogens (tertiary/aromatic N) is 2. The van der Waals surface area contributed by atoms with Gasteiger partial charge in [-0.25, -0.2) is 9.59 Å². The van der Waals surface area contributed by atoms with Crippen LogP contribution in [-0.2, 0) is 4.79 Å². The van der Waals surface area contributed by atoms with Crippen LogP contribution >= 0.6 is 11.8 Å². The molecule has 0 aromatic rings. The second-order valence-electron chi connectivity index (χ2n) is 5.76. The Kier molecular flexibility index (Phi) is 5.75. The van der Waals surface area contributed by atoms with Gasteiger partial charge in [-0.2, -0.15) is 0 Å². The van der Waals surface area contributed by atoms with E-state index in [9.17, 15) is 14.7 Å². The summed E-state index contributed by atoms with van der Waals surface area (Å²) in [6, 6.07) is -0.767. The summed E-state index contributed by atoms with van der Waals surface area (Å²) < 4.78 is 0. The molecule has 2 rings (SSSR count). The molecule has 2 aliphatic heterocycles. The van der Waals surface area contributed by atoms with Crippen molar-refractivity contribution in [1.29, 1.82) is 0 Å². The quantitative estimate of drug-likeness (QED) is 0.821. The molecule has 2 N–H and O–H groups in total. The molecule has 0 aromatic carbocycles. The first-order valence-electron chi connectivity index (χ1n) is 7.68. The molecule has 0 aromatic heterocycles. The molecule has 120 valence electrons. The van der Waals surface area contributed by atoms with E-state index in [-0.39, 0.29) is 17.4 Å². The molecule has 2 fully saturated rings. The van der Waals surface area contributed by atoms with Gasteiger partial charge in [0.05, 0.1) is 5.37 Å². The second kappa shape index (κ2) is 7.35. The summed E-state index contributed by atoms with van der Waals surface area (Å²) in [5.74, 6) is -0.446. The maximum atomic E-state index is 12.4. The number of hydrogen-bond donors (Lipinski definition) is 2. The minimum absolute atomic E-state index is 0.0775. The lowest BCUT2D eigenvalue weighted by Gasteiger charge is -2.34. The van der Waals surface area contributed by atoms with Gasteiger partial charge in [-0.05, 0) is 32.7 Å². The first kappa shape index (κ1) is 16.4. The Morgan fingerprint density at radius 1 is 1.33 bits per heavy atom. The van der Waals surface area contributed by atoms with Gasteiger partial charge in [0.25, 0.3) is 0 Å². The maximum absolute atomic E-state index is 12.4. The van der Waals surface area contributed by atoms with Crippen LogP contribution in [0.2, 0.25) is 0 Å². The highest BCUT2D eigenvalue weighted by Gasteiger charge is 2.40. The van der Waals surface area contributed by atoms with Crippen LogP contribution < -0.4 is 5.32 Å². The summed E-state index contributed by atoms with van der Waals surface area (Å²) in [5, 5.41) is 12.2. The van der Waals surface area contributed by atoms with E-state index in [1.165, 1.54) is 16.7 Å².